The molecule has 0 radical (unpaired) electrons. The Kier molecular flexibility index (Phi) is 5.88. The summed E-state index contributed by atoms with van der Waals surface area (Å²) in [4.78, 5) is 9.48. The van der Waals surface area contributed by atoms with Gasteiger partial charge in [-0.1, -0.05) is 0 Å². The Morgan fingerprint density at radius 3 is 2.88 bits per heavy atom. The van der Waals surface area contributed by atoms with Crippen LogP contribution in [-0.2, 0) is 6.54 Å². The highest BCUT2D eigenvalue weighted by Crippen LogP contribution is 2.38. The number of hydrogen-bond acceptors (Lipinski definition) is 7. The van der Waals surface area contributed by atoms with Crippen LogP contribution in [0, 0.1) is 18.2 Å². The zero-order valence-electron chi connectivity index (χ0n) is 17.2. The van der Waals surface area contributed by atoms with Gasteiger partial charge >= 0.3 is 0 Å². The first-order valence-corrected chi connectivity index (χ1v) is 10.6. The number of nitrogens with one attached hydrogen (secondary N) is 2. The Morgan fingerprint density at radius 1 is 1.38 bits per heavy atom. The molecule has 3 heterocycles. The first-order valence-electron chi connectivity index (χ1n) is 9.73. The first-order chi connectivity index (χ1) is 15.3. The molecular weight excluding hydrogens is 439 g/mol. The zero-order valence-corrected chi connectivity index (χ0v) is 18.1. The third kappa shape index (κ3) is 4.05. The highest BCUT2D eigenvalue weighted by molar-refractivity contribution is 7.12. The molecule has 1 atom stereocenters. The third-order valence-electron chi connectivity index (χ3n) is 5.09. The molecule has 10 heteroatoms. The highest BCUT2D eigenvalue weighted by atomic mass is 32.1. The molecule has 0 saturated heterocycles. The number of alkyl halides is 2. The molecule has 0 spiro atoms. The van der Waals surface area contributed by atoms with Gasteiger partial charge in [0.05, 0.1) is 33.4 Å². The number of aromatic nitrogens is 2. The van der Waals surface area contributed by atoms with Crippen LogP contribution < -0.4 is 15.8 Å². The van der Waals surface area contributed by atoms with Crippen molar-refractivity contribution in [3.63, 3.8) is 0 Å². The van der Waals surface area contributed by atoms with Crippen molar-refractivity contribution in [1.29, 1.82) is 5.41 Å². The number of pyridine rings is 1. The zero-order chi connectivity index (χ0) is 23.0. The molecule has 2 aromatic heterocycles. The van der Waals surface area contributed by atoms with E-state index in [1.165, 1.54) is 35.7 Å². The number of allylic oxidation sites excluding steroid dienone is 1. The fraction of sp³-hybridized carbons (Fsp3) is 0.227. The molecule has 1 aliphatic rings. The fourth-order valence-corrected chi connectivity index (χ4v) is 4.50. The average Bonchev–Trinajstić information content (AvgIpc) is 3.12. The molecule has 0 aliphatic carbocycles. The number of hydrogen-bond donors (Lipinski definition) is 3. The summed E-state index contributed by atoms with van der Waals surface area (Å²) >= 11 is 1.41. The van der Waals surface area contributed by atoms with Crippen molar-refractivity contribution in [3.05, 3.63) is 62.9 Å². The lowest BCUT2D eigenvalue weighted by Crippen LogP contribution is -2.18. The predicted octanol–water partition coefficient (Wildman–Crippen LogP) is 5.10. The van der Waals surface area contributed by atoms with Crippen molar-refractivity contribution in [1.82, 2.24) is 15.3 Å². The molecule has 3 aromatic rings. The maximum atomic E-state index is 14.1. The number of fused-ring (bicyclic) bond motifs is 5. The summed E-state index contributed by atoms with van der Waals surface area (Å²) in [5, 5.41) is 11.3. The Morgan fingerprint density at radius 2 is 2.16 bits per heavy atom. The number of rotatable bonds is 2. The second-order valence-electron chi connectivity index (χ2n) is 7.23. The van der Waals surface area contributed by atoms with Gasteiger partial charge in [-0.25, -0.2) is 23.1 Å². The summed E-state index contributed by atoms with van der Waals surface area (Å²) in [5.74, 6) is -0.192. The lowest BCUT2D eigenvalue weighted by atomic mass is 9.99. The van der Waals surface area contributed by atoms with Gasteiger partial charge in [-0.2, -0.15) is 0 Å². The van der Waals surface area contributed by atoms with Gasteiger partial charge in [0.15, 0.2) is 11.6 Å². The van der Waals surface area contributed by atoms with Crippen LogP contribution in [0.1, 0.15) is 34.0 Å². The van der Waals surface area contributed by atoms with Crippen LogP contribution in [0.3, 0.4) is 0 Å². The lowest BCUT2D eigenvalue weighted by molar-refractivity contribution is 0.197. The summed E-state index contributed by atoms with van der Waals surface area (Å²) in [6.45, 7) is 3.75. The molecular formula is C22H20F3N5OS. The number of ether oxygens (including phenoxy) is 1. The van der Waals surface area contributed by atoms with Gasteiger partial charge in [-0.3, -0.25) is 0 Å². The van der Waals surface area contributed by atoms with Gasteiger partial charge in [0.2, 0.25) is 0 Å². The van der Waals surface area contributed by atoms with Crippen LogP contribution in [0.5, 0.6) is 5.75 Å². The van der Waals surface area contributed by atoms with E-state index in [0.717, 1.165) is 9.88 Å². The number of anilines is 1. The Hall–Kier alpha value is -3.40. The maximum absolute atomic E-state index is 14.1. The molecule has 166 valence electrons. The minimum Gasteiger partial charge on any atom is -0.482 e. The van der Waals surface area contributed by atoms with Crippen LogP contribution in [0.2, 0.25) is 0 Å². The summed E-state index contributed by atoms with van der Waals surface area (Å²) in [6, 6.07) is 5.85. The topological polar surface area (TPSA) is 96.9 Å². The van der Waals surface area contributed by atoms with Crippen molar-refractivity contribution in [2.75, 3.05) is 5.73 Å². The Balaban J connectivity index is 1.97. The molecule has 6 nitrogen and oxygen atoms in total. The maximum Gasteiger partial charge on any atom is 0.267 e. The molecule has 4 N–H and O–H groups in total. The van der Waals surface area contributed by atoms with Crippen LogP contribution in [0.15, 0.2) is 36.0 Å². The molecule has 0 amide bonds. The monoisotopic (exact) mass is 459 g/mol. The van der Waals surface area contributed by atoms with Gasteiger partial charge in [0.1, 0.15) is 11.9 Å². The normalized spacial score (nSPS) is 17.2. The van der Waals surface area contributed by atoms with Gasteiger partial charge in [0, 0.05) is 29.1 Å². The number of nitrogen functional groups attached to an aromatic ring is 1. The van der Waals surface area contributed by atoms with E-state index in [2.05, 4.69) is 15.3 Å². The molecule has 2 bridgehead atoms. The van der Waals surface area contributed by atoms with E-state index in [9.17, 15) is 13.2 Å². The molecule has 32 heavy (non-hydrogen) atoms. The van der Waals surface area contributed by atoms with E-state index in [4.69, 9.17) is 15.9 Å². The van der Waals surface area contributed by atoms with Crippen LogP contribution >= 0.6 is 11.3 Å². The minimum atomic E-state index is -2.88. The highest BCUT2D eigenvalue weighted by Gasteiger charge is 2.24. The standard InChI is InChI=1S/C22H20F3N5OS/c1-10-15-6-13(23)3-4-14(15)20-18(32-11(2)30-20)9-28-19(16(7-26)21(24)25)12-5-17(31-10)22(27)29-8-12/h3-8,10,21,26,28H,9H2,1-2H3,(H2,27,29)/b19-16+,26-7?. The van der Waals surface area contributed by atoms with Crippen molar-refractivity contribution in [3.8, 4) is 17.0 Å². The van der Waals surface area contributed by atoms with Crippen molar-refractivity contribution in [2.24, 2.45) is 0 Å². The molecule has 1 aromatic carbocycles. The SMILES string of the molecule is Cc1nc2c(s1)CN/C(=C(\C=N)C(F)F)c1cnc(N)c(c1)OC(C)c1cc(F)ccc1-2. The summed E-state index contributed by atoms with van der Waals surface area (Å²) in [5.41, 5.74) is 7.70. The fourth-order valence-electron chi connectivity index (χ4n) is 3.61. The lowest BCUT2D eigenvalue weighted by Gasteiger charge is -2.22. The van der Waals surface area contributed by atoms with E-state index in [1.54, 1.807) is 13.0 Å². The number of halogens is 3. The molecule has 1 aliphatic heterocycles. The summed E-state index contributed by atoms with van der Waals surface area (Å²) in [6.07, 6.45) is -1.55. The Bertz CT molecular complexity index is 1220. The van der Waals surface area contributed by atoms with Crippen LogP contribution in [0.4, 0.5) is 19.0 Å². The van der Waals surface area contributed by atoms with Crippen molar-refractivity contribution >= 4 is 29.1 Å². The molecule has 0 fully saturated rings. The minimum absolute atomic E-state index is 0.0527. The van der Waals surface area contributed by atoms with Gasteiger partial charge in [-0.15, -0.1) is 11.3 Å². The molecule has 4 rings (SSSR count). The predicted molar refractivity (Wildman–Crippen MR) is 118 cm³/mol. The van der Waals surface area contributed by atoms with Crippen LogP contribution in [0.25, 0.3) is 17.0 Å². The quantitative estimate of drug-likeness (QED) is 0.463. The van der Waals surface area contributed by atoms with E-state index in [1.807, 2.05) is 6.92 Å². The van der Waals surface area contributed by atoms with Crippen molar-refractivity contribution < 1.29 is 17.9 Å². The largest absolute Gasteiger partial charge is 0.482 e. The Labute approximate surface area is 186 Å². The molecule has 1 unspecified atom stereocenters. The van der Waals surface area contributed by atoms with Gasteiger partial charge in [-0.05, 0) is 38.1 Å². The van der Waals surface area contributed by atoms with E-state index >= 15 is 0 Å². The smallest absolute Gasteiger partial charge is 0.267 e. The van der Waals surface area contributed by atoms with Crippen molar-refractivity contribution in [2.45, 2.75) is 32.9 Å². The average molecular weight is 459 g/mol. The number of aryl methyl sites for hydroxylation is 1. The van der Waals surface area contributed by atoms with E-state index in [-0.39, 0.29) is 23.8 Å². The second kappa shape index (κ2) is 8.62. The summed E-state index contributed by atoms with van der Waals surface area (Å²) in [7, 11) is 0. The number of thiazole rings is 1. The molecule has 0 saturated carbocycles. The van der Waals surface area contributed by atoms with Gasteiger partial charge in [0.25, 0.3) is 6.43 Å². The second-order valence-corrected chi connectivity index (χ2v) is 8.52. The number of nitrogens with zero attached hydrogens (tertiary/aromatic N) is 2. The number of nitrogens with two attached hydrogens (primary N) is 1. The van der Waals surface area contributed by atoms with Crippen LogP contribution in [-0.4, -0.2) is 22.6 Å². The van der Waals surface area contributed by atoms with E-state index < -0.39 is 23.9 Å². The van der Waals surface area contributed by atoms with E-state index in [0.29, 0.717) is 28.6 Å². The summed E-state index contributed by atoms with van der Waals surface area (Å²) < 4.78 is 47.6. The third-order valence-corrected chi connectivity index (χ3v) is 6.06. The number of benzene rings is 1. The van der Waals surface area contributed by atoms with Gasteiger partial charge < -0.3 is 21.2 Å². The first kappa shape index (κ1) is 21.8.